The Morgan fingerprint density at radius 3 is 2.53 bits per heavy atom. The SMILES string of the molecule is CN1CCN(C2(c3ccc(NC(=O)C4NC=C(C#N)N4C)c(C4=CCC(C)(C)CC4)n3)CCOCC2)CC1. The maximum absolute atomic E-state index is 13.3. The molecule has 2 fully saturated rings. The number of pyridine rings is 1. The van der Waals surface area contributed by atoms with Crippen LogP contribution in [0.2, 0.25) is 0 Å². The summed E-state index contributed by atoms with van der Waals surface area (Å²) in [6, 6.07) is 6.27. The molecule has 204 valence electrons. The average Bonchev–Trinajstić information content (AvgIpc) is 3.30. The van der Waals surface area contributed by atoms with E-state index in [2.05, 4.69) is 59.5 Å². The zero-order chi connectivity index (χ0) is 26.9. The standard InChI is InChI=1S/C29H41N7O2/c1-28(2)9-7-21(8-10-28)25-23(32-27(37)26-31-20-22(19-30)35(26)4)5-6-24(33-25)29(11-17-38-18-12-29)36-15-13-34(3)14-16-36/h5-7,20,26,31H,8-18H2,1-4H3,(H,32,37). The fourth-order valence-corrected chi connectivity index (χ4v) is 6.11. The lowest BCUT2D eigenvalue weighted by Crippen LogP contribution is -2.57. The predicted molar refractivity (Wildman–Crippen MR) is 148 cm³/mol. The van der Waals surface area contributed by atoms with E-state index in [0.717, 1.165) is 88.6 Å². The average molecular weight is 520 g/mol. The van der Waals surface area contributed by atoms with Crippen molar-refractivity contribution in [2.75, 3.05) is 58.8 Å². The van der Waals surface area contributed by atoms with Gasteiger partial charge in [-0.1, -0.05) is 19.9 Å². The predicted octanol–water partition coefficient (Wildman–Crippen LogP) is 3.09. The van der Waals surface area contributed by atoms with Crippen LogP contribution in [-0.4, -0.2) is 85.2 Å². The Morgan fingerprint density at radius 1 is 1.16 bits per heavy atom. The van der Waals surface area contributed by atoms with E-state index < -0.39 is 6.17 Å². The zero-order valence-electron chi connectivity index (χ0n) is 23.2. The number of ether oxygens (including phenoxy) is 1. The van der Waals surface area contributed by atoms with Gasteiger partial charge in [0.15, 0.2) is 6.17 Å². The summed E-state index contributed by atoms with van der Waals surface area (Å²) in [6.07, 6.45) is 8.10. The minimum absolute atomic E-state index is 0.163. The lowest BCUT2D eigenvalue weighted by Gasteiger charge is -2.49. The van der Waals surface area contributed by atoms with Crippen LogP contribution >= 0.6 is 0 Å². The smallest absolute Gasteiger partial charge is 0.267 e. The molecule has 1 unspecified atom stereocenters. The first kappa shape index (κ1) is 26.7. The Morgan fingerprint density at radius 2 is 1.89 bits per heavy atom. The van der Waals surface area contributed by atoms with Crippen LogP contribution in [-0.2, 0) is 15.1 Å². The molecule has 1 atom stereocenters. The molecule has 1 aromatic heterocycles. The van der Waals surface area contributed by atoms with E-state index in [1.807, 2.05) is 6.07 Å². The summed E-state index contributed by atoms with van der Waals surface area (Å²) < 4.78 is 5.82. The van der Waals surface area contributed by atoms with Gasteiger partial charge < -0.3 is 25.2 Å². The topological polar surface area (TPSA) is 96.8 Å². The molecule has 1 amide bonds. The normalized spacial score (nSPS) is 25.7. The van der Waals surface area contributed by atoms with E-state index in [4.69, 9.17) is 9.72 Å². The summed E-state index contributed by atoms with van der Waals surface area (Å²) in [5.74, 6) is -0.207. The number of piperazine rings is 1. The number of rotatable bonds is 5. The Kier molecular flexibility index (Phi) is 7.49. The number of anilines is 1. The monoisotopic (exact) mass is 519 g/mol. The van der Waals surface area contributed by atoms with Crippen molar-refractivity contribution in [3.63, 3.8) is 0 Å². The Bertz CT molecular complexity index is 1150. The summed E-state index contributed by atoms with van der Waals surface area (Å²) in [4.78, 5) is 25.3. The molecule has 9 nitrogen and oxygen atoms in total. The number of carbonyl (C=O) groups excluding carboxylic acids is 1. The molecule has 1 aliphatic carbocycles. The fourth-order valence-electron chi connectivity index (χ4n) is 6.11. The highest BCUT2D eigenvalue weighted by Crippen LogP contribution is 2.42. The second-order valence-corrected chi connectivity index (χ2v) is 11.9. The minimum Gasteiger partial charge on any atom is -0.381 e. The number of hydrogen-bond acceptors (Lipinski definition) is 8. The van der Waals surface area contributed by atoms with Crippen LogP contribution in [0.3, 0.4) is 0 Å². The van der Waals surface area contributed by atoms with Crippen LogP contribution < -0.4 is 10.6 Å². The number of amides is 1. The van der Waals surface area contributed by atoms with Crippen LogP contribution in [0.25, 0.3) is 5.57 Å². The number of nitrogens with zero attached hydrogens (tertiary/aromatic N) is 5. The molecule has 0 aromatic carbocycles. The van der Waals surface area contributed by atoms with Gasteiger partial charge in [-0.2, -0.15) is 5.26 Å². The Hall–Kier alpha value is -2.93. The van der Waals surface area contributed by atoms with E-state index in [-0.39, 0.29) is 16.9 Å². The quantitative estimate of drug-likeness (QED) is 0.613. The molecular weight excluding hydrogens is 478 g/mol. The summed E-state index contributed by atoms with van der Waals surface area (Å²) in [6.45, 7) is 10.2. The van der Waals surface area contributed by atoms with Gasteiger partial charge in [-0.3, -0.25) is 9.69 Å². The van der Waals surface area contributed by atoms with Gasteiger partial charge in [0.05, 0.1) is 22.6 Å². The number of allylic oxidation sites excluding steroid dienone is 3. The van der Waals surface area contributed by atoms with Gasteiger partial charge in [0.1, 0.15) is 11.8 Å². The van der Waals surface area contributed by atoms with Crippen molar-refractivity contribution in [3.05, 3.63) is 41.5 Å². The van der Waals surface area contributed by atoms with Crippen LogP contribution in [0.15, 0.2) is 30.1 Å². The molecule has 9 heteroatoms. The highest BCUT2D eigenvalue weighted by atomic mass is 16.5. The Labute approximate surface area is 226 Å². The van der Waals surface area contributed by atoms with Crippen LogP contribution in [0.5, 0.6) is 0 Å². The number of nitrogens with one attached hydrogen (secondary N) is 2. The fraction of sp³-hybridized carbons (Fsp3) is 0.621. The van der Waals surface area contributed by atoms with Crippen molar-refractivity contribution in [2.24, 2.45) is 5.41 Å². The molecule has 38 heavy (non-hydrogen) atoms. The maximum Gasteiger partial charge on any atom is 0.267 e. The van der Waals surface area contributed by atoms with Crippen LogP contribution in [0.4, 0.5) is 5.69 Å². The highest BCUT2D eigenvalue weighted by Gasteiger charge is 2.43. The highest BCUT2D eigenvalue weighted by molar-refractivity contribution is 5.97. The lowest BCUT2D eigenvalue weighted by molar-refractivity contribution is -0.120. The van der Waals surface area contributed by atoms with E-state index >= 15 is 0 Å². The van der Waals surface area contributed by atoms with Gasteiger partial charge in [-0.05, 0) is 62.3 Å². The van der Waals surface area contributed by atoms with Crippen molar-refractivity contribution in [1.82, 2.24) is 25.0 Å². The summed E-state index contributed by atoms with van der Waals surface area (Å²) in [7, 11) is 3.93. The zero-order valence-corrected chi connectivity index (χ0v) is 23.2. The van der Waals surface area contributed by atoms with Crippen molar-refractivity contribution in [2.45, 2.75) is 57.7 Å². The molecule has 2 N–H and O–H groups in total. The first-order valence-electron chi connectivity index (χ1n) is 13.8. The number of nitriles is 1. The van der Waals surface area contributed by atoms with Gasteiger partial charge in [0.25, 0.3) is 5.91 Å². The van der Waals surface area contributed by atoms with Crippen molar-refractivity contribution in [1.29, 1.82) is 5.26 Å². The molecule has 4 heterocycles. The van der Waals surface area contributed by atoms with Gasteiger partial charge in [0.2, 0.25) is 0 Å². The Balaban J connectivity index is 1.50. The van der Waals surface area contributed by atoms with Crippen LogP contribution in [0.1, 0.15) is 57.3 Å². The summed E-state index contributed by atoms with van der Waals surface area (Å²) >= 11 is 0. The van der Waals surface area contributed by atoms with Gasteiger partial charge in [-0.15, -0.1) is 0 Å². The molecule has 0 saturated carbocycles. The van der Waals surface area contributed by atoms with E-state index in [1.165, 1.54) is 5.57 Å². The van der Waals surface area contributed by atoms with Crippen LogP contribution in [0, 0.1) is 16.7 Å². The van der Waals surface area contributed by atoms with E-state index in [1.54, 1.807) is 18.1 Å². The van der Waals surface area contributed by atoms with Crippen molar-refractivity contribution in [3.8, 4) is 6.07 Å². The largest absolute Gasteiger partial charge is 0.381 e. The molecule has 0 bridgehead atoms. The third-order valence-corrected chi connectivity index (χ3v) is 8.84. The maximum atomic E-state index is 13.3. The van der Waals surface area contributed by atoms with Gasteiger partial charge in [-0.25, -0.2) is 4.98 Å². The molecule has 0 radical (unpaired) electrons. The number of likely N-dealkylation sites (N-methyl/N-ethyl adjacent to an activating group) is 2. The molecule has 5 rings (SSSR count). The second kappa shape index (κ2) is 10.7. The molecule has 0 spiro atoms. The summed E-state index contributed by atoms with van der Waals surface area (Å²) in [5, 5.41) is 15.5. The minimum atomic E-state index is -0.636. The first-order chi connectivity index (χ1) is 18.2. The van der Waals surface area contributed by atoms with E-state index in [9.17, 15) is 10.1 Å². The number of aromatic nitrogens is 1. The third kappa shape index (κ3) is 5.18. The lowest BCUT2D eigenvalue weighted by atomic mass is 9.77. The van der Waals surface area contributed by atoms with Crippen molar-refractivity contribution >= 4 is 17.2 Å². The number of carbonyl (C=O) groups is 1. The molecular formula is C29H41N7O2. The second-order valence-electron chi connectivity index (χ2n) is 11.9. The molecule has 1 aromatic rings. The number of hydrogen-bond donors (Lipinski definition) is 2. The van der Waals surface area contributed by atoms with Gasteiger partial charge >= 0.3 is 0 Å². The van der Waals surface area contributed by atoms with E-state index in [0.29, 0.717) is 5.70 Å². The third-order valence-electron chi connectivity index (χ3n) is 8.84. The summed E-state index contributed by atoms with van der Waals surface area (Å²) in [5.41, 5.74) is 4.42. The molecule has 2 saturated heterocycles. The first-order valence-corrected chi connectivity index (χ1v) is 13.8. The molecule has 3 aliphatic heterocycles. The van der Waals surface area contributed by atoms with Gasteiger partial charge in [0, 0.05) is 52.6 Å². The molecule has 4 aliphatic rings. The van der Waals surface area contributed by atoms with Crippen molar-refractivity contribution < 1.29 is 9.53 Å².